The Bertz CT molecular complexity index is 806. The fourth-order valence-electron chi connectivity index (χ4n) is 2.12. The standard InChI is InChI=1S/C16H14O2S3/c1-11-3-6-14(7-4-11)21(17,18)10-13-5-8-15-16(9-13)20-12(2)19-15/h3-9H,2,10H2,1H3. The predicted octanol–water partition coefficient (Wildman–Crippen LogP) is 4.64. The number of sulfone groups is 1. The third kappa shape index (κ3) is 3.20. The lowest BCUT2D eigenvalue weighted by molar-refractivity contribution is 0.595. The highest BCUT2D eigenvalue weighted by Crippen LogP contribution is 2.50. The molecule has 2 nitrogen and oxygen atoms in total. The summed E-state index contributed by atoms with van der Waals surface area (Å²) in [5.41, 5.74) is 1.87. The Balaban J connectivity index is 1.88. The molecule has 0 atom stereocenters. The third-order valence-corrected chi connectivity index (χ3v) is 7.11. The van der Waals surface area contributed by atoms with Gasteiger partial charge < -0.3 is 0 Å². The van der Waals surface area contributed by atoms with E-state index >= 15 is 0 Å². The van der Waals surface area contributed by atoms with E-state index in [1.165, 1.54) is 0 Å². The summed E-state index contributed by atoms with van der Waals surface area (Å²) in [6.45, 7) is 5.88. The maximum absolute atomic E-state index is 12.4. The highest BCUT2D eigenvalue weighted by atomic mass is 32.2. The first kappa shape index (κ1) is 14.8. The molecule has 0 unspecified atom stereocenters. The first-order valence-electron chi connectivity index (χ1n) is 6.41. The maximum atomic E-state index is 12.4. The molecule has 1 aliphatic rings. The van der Waals surface area contributed by atoms with Crippen LogP contribution in [-0.2, 0) is 15.6 Å². The molecule has 1 heterocycles. The quantitative estimate of drug-likeness (QED) is 0.819. The summed E-state index contributed by atoms with van der Waals surface area (Å²) in [4.78, 5) is 2.63. The molecule has 0 spiro atoms. The number of thioether (sulfide) groups is 2. The Hall–Kier alpha value is -1.17. The monoisotopic (exact) mass is 334 g/mol. The molecule has 0 saturated heterocycles. The Morgan fingerprint density at radius 3 is 2.38 bits per heavy atom. The van der Waals surface area contributed by atoms with E-state index < -0.39 is 9.84 Å². The number of fused-ring (bicyclic) bond motifs is 1. The summed E-state index contributed by atoms with van der Waals surface area (Å²) in [6, 6.07) is 12.8. The number of rotatable bonds is 3. The lowest BCUT2D eigenvalue weighted by Crippen LogP contribution is -2.05. The van der Waals surface area contributed by atoms with Crippen molar-refractivity contribution < 1.29 is 8.42 Å². The van der Waals surface area contributed by atoms with Gasteiger partial charge in [-0.3, -0.25) is 0 Å². The second kappa shape index (κ2) is 5.55. The summed E-state index contributed by atoms with van der Waals surface area (Å²) in [7, 11) is -3.30. The zero-order valence-electron chi connectivity index (χ0n) is 11.5. The van der Waals surface area contributed by atoms with Gasteiger partial charge in [0.25, 0.3) is 0 Å². The first-order chi connectivity index (χ1) is 9.94. The first-order valence-corrected chi connectivity index (χ1v) is 9.69. The molecule has 0 fully saturated rings. The van der Waals surface area contributed by atoms with E-state index in [2.05, 4.69) is 6.58 Å². The van der Waals surface area contributed by atoms with Crippen molar-refractivity contribution in [2.75, 3.05) is 0 Å². The third-order valence-electron chi connectivity index (χ3n) is 3.19. The molecule has 2 aromatic carbocycles. The van der Waals surface area contributed by atoms with Crippen molar-refractivity contribution in [1.29, 1.82) is 0 Å². The molecule has 21 heavy (non-hydrogen) atoms. The zero-order valence-corrected chi connectivity index (χ0v) is 13.9. The van der Waals surface area contributed by atoms with Gasteiger partial charge in [0.2, 0.25) is 0 Å². The summed E-state index contributed by atoms with van der Waals surface area (Å²) >= 11 is 3.24. The second-order valence-electron chi connectivity index (χ2n) is 4.93. The van der Waals surface area contributed by atoms with Crippen molar-refractivity contribution >= 4 is 33.4 Å². The van der Waals surface area contributed by atoms with Crippen molar-refractivity contribution in [3.05, 3.63) is 64.4 Å². The predicted molar refractivity (Wildman–Crippen MR) is 89.4 cm³/mol. The van der Waals surface area contributed by atoms with Crippen LogP contribution in [0.4, 0.5) is 0 Å². The van der Waals surface area contributed by atoms with Crippen LogP contribution in [-0.4, -0.2) is 8.42 Å². The molecule has 0 amide bonds. The molecule has 108 valence electrons. The molecule has 0 aromatic heterocycles. The molecule has 3 rings (SSSR count). The van der Waals surface area contributed by atoms with Crippen molar-refractivity contribution in [2.24, 2.45) is 0 Å². The average molecular weight is 334 g/mol. The highest BCUT2D eigenvalue weighted by Gasteiger charge is 2.19. The van der Waals surface area contributed by atoms with Gasteiger partial charge in [0.15, 0.2) is 9.84 Å². The van der Waals surface area contributed by atoms with Gasteiger partial charge in [-0.25, -0.2) is 8.42 Å². The van der Waals surface area contributed by atoms with E-state index in [9.17, 15) is 8.42 Å². The van der Waals surface area contributed by atoms with E-state index in [4.69, 9.17) is 0 Å². The Kier molecular flexibility index (Phi) is 3.90. The number of hydrogen-bond acceptors (Lipinski definition) is 4. The van der Waals surface area contributed by atoms with Gasteiger partial charge in [0, 0.05) is 14.0 Å². The Labute approximate surface area is 133 Å². The fourth-order valence-corrected chi connectivity index (χ4v) is 5.58. The number of aryl methyl sites for hydroxylation is 1. The molecular weight excluding hydrogens is 320 g/mol. The minimum atomic E-state index is -3.30. The van der Waals surface area contributed by atoms with Crippen LogP contribution in [0.3, 0.4) is 0 Å². The minimum Gasteiger partial charge on any atom is -0.223 e. The van der Waals surface area contributed by atoms with Crippen molar-refractivity contribution in [1.82, 2.24) is 0 Å². The summed E-state index contributed by atoms with van der Waals surface area (Å²) in [5.74, 6) is 0.0288. The van der Waals surface area contributed by atoms with E-state index in [-0.39, 0.29) is 5.75 Å². The maximum Gasteiger partial charge on any atom is 0.182 e. The lowest BCUT2D eigenvalue weighted by Gasteiger charge is -2.06. The van der Waals surface area contributed by atoms with Gasteiger partial charge in [-0.2, -0.15) is 0 Å². The molecule has 5 heteroatoms. The SMILES string of the molecule is C=C1Sc2ccc(CS(=O)(=O)c3ccc(C)cc3)cc2S1. The van der Waals surface area contributed by atoms with Crippen LogP contribution in [0.1, 0.15) is 11.1 Å². The van der Waals surface area contributed by atoms with E-state index in [0.29, 0.717) is 4.90 Å². The molecule has 0 saturated carbocycles. The van der Waals surface area contributed by atoms with Crippen LogP contribution in [0, 0.1) is 6.92 Å². The molecule has 0 N–H and O–H groups in total. The molecule has 0 bridgehead atoms. The van der Waals surface area contributed by atoms with Crippen LogP contribution in [0.25, 0.3) is 0 Å². The van der Waals surface area contributed by atoms with Crippen LogP contribution < -0.4 is 0 Å². The Morgan fingerprint density at radius 2 is 1.67 bits per heavy atom. The number of benzene rings is 2. The minimum absolute atomic E-state index is 0.0288. The van der Waals surface area contributed by atoms with Gasteiger partial charge in [0.1, 0.15) is 0 Å². The van der Waals surface area contributed by atoms with Crippen molar-refractivity contribution in [2.45, 2.75) is 27.4 Å². The smallest absolute Gasteiger partial charge is 0.182 e. The van der Waals surface area contributed by atoms with Gasteiger partial charge in [-0.15, -0.1) is 0 Å². The van der Waals surface area contributed by atoms with E-state index in [0.717, 1.165) is 25.2 Å². The van der Waals surface area contributed by atoms with Crippen LogP contribution in [0.2, 0.25) is 0 Å². The summed E-state index contributed by atoms with van der Waals surface area (Å²) in [6.07, 6.45) is 0. The number of hydrogen-bond donors (Lipinski definition) is 0. The lowest BCUT2D eigenvalue weighted by atomic mass is 10.2. The van der Waals surface area contributed by atoms with Gasteiger partial charge in [-0.1, -0.05) is 53.9 Å². The second-order valence-corrected chi connectivity index (χ2v) is 9.45. The van der Waals surface area contributed by atoms with Crippen LogP contribution in [0.15, 0.2) is 68.0 Å². The van der Waals surface area contributed by atoms with Crippen molar-refractivity contribution in [3.8, 4) is 0 Å². The van der Waals surface area contributed by atoms with E-state index in [1.54, 1.807) is 35.7 Å². The summed E-state index contributed by atoms with van der Waals surface area (Å²) < 4.78 is 25.9. The zero-order chi connectivity index (χ0) is 15.0. The van der Waals surface area contributed by atoms with Crippen LogP contribution >= 0.6 is 23.5 Å². The van der Waals surface area contributed by atoms with Crippen LogP contribution in [0.5, 0.6) is 0 Å². The molecular formula is C16H14O2S3. The fraction of sp³-hybridized carbons (Fsp3) is 0.125. The molecule has 0 radical (unpaired) electrons. The summed E-state index contributed by atoms with van der Waals surface area (Å²) in [5, 5.41) is 0. The molecule has 0 aliphatic carbocycles. The van der Waals surface area contributed by atoms with Crippen molar-refractivity contribution in [3.63, 3.8) is 0 Å². The van der Waals surface area contributed by atoms with E-state index in [1.807, 2.05) is 37.3 Å². The Morgan fingerprint density at radius 1 is 1.00 bits per heavy atom. The topological polar surface area (TPSA) is 34.1 Å². The largest absolute Gasteiger partial charge is 0.223 e. The molecule has 2 aromatic rings. The van der Waals surface area contributed by atoms with Gasteiger partial charge in [0.05, 0.1) is 10.6 Å². The van der Waals surface area contributed by atoms with Gasteiger partial charge in [-0.05, 0) is 36.8 Å². The average Bonchev–Trinajstić information content (AvgIpc) is 2.78. The van der Waals surface area contributed by atoms with Gasteiger partial charge >= 0.3 is 0 Å². The highest BCUT2D eigenvalue weighted by molar-refractivity contribution is 8.24. The molecule has 1 aliphatic heterocycles. The normalized spacial score (nSPS) is 14.2.